The summed E-state index contributed by atoms with van der Waals surface area (Å²) in [4.78, 5) is 0.845. The molecule has 0 saturated carbocycles. The summed E-state index contributed by atoms with van der Waals surface area (Å²) in [5.74, 6) is -0.440. The first-order chi connectivity index (χ1) is 8.39. The van der Waals surface area contributed by atoms with Gasteiger partial charge >= 0.3 is 0 Å². The standard InChI is InChI=1S/C11H20FN/c1-9(2)6-11-4-3-5-13(11)8-10(12)7-11/h9-10H,3-8H2,1-2H3/t10-,11-/m1/s1/i5D2,6D2,8D2. The average molecular weight is 191 g/mol. The fourth-order valence-corrected chi connectivity index (χ4v) is 2.22. The van der Waals surface area contributed by atoms with E-state index in [4.69, 9.17) is 8.22 Å². The summed E-state index contributed by atoms with van der Waals surface area (Å²) in [5, 5.41) is 0. The van der Waals surface area contributed by atoms with Gasteiger partial charge in [-0.05, 0) is 38.1 Å². The van der Waals surface area contributed by atoms with Crippen LogP contribution in [0.3, 0.4) is 0 Å². The van der Waals surface area contributed by atoms with Crippen molar-refractivity contribution >= 4 is 0 Å². The molecule has 1 nitrogen and oxygen atoms in total. The van der Waals surface area contributed by atoms with Crippen LogP contribution in [0.15, 0.2) is 0 Å². The third-order valence-electron chi connectivity index (χ3n) is 2.58. The highest BCUT2D eigenvalue weighted by molar-refractivity contribution is 5.03. The van der Waals surface area contributed by atoms with Crippen molar-refractivity contribution in [2.24, 2.45) is 5.92 Å². The highest BCUT2D eigenvalue weighted by Gasteiger charge is 2.48. The predicted molar refractivity (Wildman–Crippen MR) is 52.5 cm³/mol. The quantitative estimate of drug-likeness (QED) is 0.648. The molecule has 2 saturated heterocycles. The van der Waals surface area contributed by atoms with E-state index in [0.29, 0.717) is 0 Å². The maximum atomic E-state index is 14.1. The smallest absolute Gasteiger partial charge is 0.115 e. The SMILES string of the molecule is [2H]C1([2H])CC[C@@]2(C([2H])([2H])C(C)C)C[C@@H](F)C([2H])([2H])N12. The van der Waals surface area contributed by atoms with Crippen LogP contribution in [0.5, 0.6) is 0 Å². The number of alkyl halides is 1. The summed E-state index contributed by atoms with van der Waals surface area (Å²) < 4.78 is 62.1. The molecule has 2 heterocycles. The van der Waals surface area contributed by atoms with Gasteiger partial charge in [0.05, 0.1) is 0 Å². The lowest BCUT2D eigenvalue weighted by Gasteiger charge is -2.33. The molecule has 0 radical (unpaired) electrons. The van der Waals surface area contributed by atoms with Gasteiger partial charge in [0, 0.05) is 20.3 Å². The largest absolute Gasteiger partial charge is 0.295 e. The Morgan fingerprint density at radius 3 is 3.23 bits per heavy atom. The van der Waals surface area contributed by atoms with E-state index in [2.05, 4.69) is 0 Å². The molecule has 0 bridgehead atoms. The molecular weight excluding hydrogens is 165 g/mol. The van der Waals surface area contributed by atoms with Crippen molar-refractivity contribution in [1.82, 2.24) is 4.90 Å². The third-order valence-corrected chi connectivity index (χ3v) is 2.58. The number of halogens is 1. The zero-order chi connectivity index (χ0) is 14.9. The lowest BCUT2D eigenvalue weighted by atomic mass is 9.85. The fourth-order valence-electron chi connectivity index (χ4n) is 2.22. The minimum atomic E-state index is -2.46. The van der Waals surface area contributed by atoms with Crippen molar-refractivity contribution in [1.29, 1.82) is 0 Å². The Bertz CT molecular complexity index is 385. The minimum Gasteiger partial charge on any atom is -0.295 e. The number of nitrogens with zero attached hydrogens (tertiary/aromatic N) is 1. The molecule has 2 aliphatic rings. The molecule has 0 aromatic carbocycles. The molecule has 2 aliphatic heterocycles. The summed E-state index contributed by atoms with van der Waals surface area (Å²) >= 11 is 0. The van der Waals surface area contributed by atoms with Crippen LogP contribution in [-0.2, 0) is 0 Å². The Kier molecular flexibility index (Phi) is 1.14. The van der Waals surface area contributed by atoms with Crippen LogP contribution in [0, 0.1) is 5.92 Å². The summed E-state index contributed by atoms with van der Waals surface area (Å²) in [5.41, 5.74) is -1.40. The van der Waals surface area contributed by atoms with E-state index in [1.165, 1.54) is 0 Å². The van der Waals surface area contributed by atoms with Crippen LogP contribution >= 0.6 is 0 Å². The van der Waals surface area contributed by atoms with Gasteiger partial charge in [-0.3, -0.25) is 4.90 Å². The van der Waals surface area contributed by atoms with Crippen molar-refractivity contribution in [3.8, 4) is 0 Å². The topological polar surface area (TPSA) is 3.24 Å². The molecule has 0 unspecified atom stereocenters. The van der Waals surface area contributed by atoms with Crippen LogP contribution in [0.25, 0.3) is 0 Å². The van der Waals surface area contributed by atoms with Crippen molar-refractivity contribution in [2.75, 3.05) is 13.0 Å². The summed E-state index contributed by atoms with van der Waals surface area (Å²) in [6.45, 7) is -1.13. The summed E-state index contributed by atoms with van der Waals surface area (Å²) in [6, 6.07) is 0. The van der Waals surface area contributed by atoms with E-state index >= 15 is 0 Å². The fraction of sp³-hybridized carbons (Fsp3) is 1.00. The van der Waals surface area contributed by atoms with E-state index < -0.39 is 37.0 Å². The second-order valence-corrected chi connectivity index (χ2v) is 4.12. The molecule has 2 atom stereocenters. The van der Waals surface area contributed by atoms with Gasteiger partial charge < -0.3 is 0 Å². The van der Waals surface area contributed by atoms with Crippen molar-refractivity contribution in [2.45, 2.75) is 51.2 Å². The highest BCUT2D eigenvalue weighted by Crippen LogP contribution is 2.43. The second kappa shape index (κ2) is 3.23. The molecule has 0 amide bonds. The molecule has 0 spiro atoms. The predicted octanol–water partition coefficient (Wildman–Crippen LogP) is 2.61. The first-order valence-electron chi connectivity index (χ1n) is 7.84. The molecule has 0 aromatic rings. The van der Waals surface area contributed by atoms with Crippen LogP contribution in [0.1, 0.15) is 47.7 Å². The van der Waals surface area contributed by atoms with Gasteiger partial charge in [-0.25, -0.2) is 4.39 Å². The van der Waals surface area contributed by atoms with Gasteiger partial charge in [0.1, 0.15) is 6.17 Å². The Morgan fingerprint density at radius 2 is 2.54 bits per heavy atom. The van der Waals surface area contributed by atoms with Crippen molar-refractivity contribution < 1.29 is 12.6 Å². The van der Waals surface area contributed by atoms with Crippen LogP contribution in [0.2, 0.25) is 0 Å². The van der Waals surface area contributed by atoms with Gasteiger partial charge in [0.2, 0.25) is 0 Å². The lowest BCUT2D eigenvalue weighted by Crippen LogP contribution is -2.39. The minimum absolute atomic E-state index is 0.0332. The summed E-state index contributed by atoms with van der Waals surface area (Å²) in [6.07, 6.45) is -3.82. The van der Waals surface area contributed by atoms with E-state index in [0.717, 1.165) is 4.90 Å². The average Bonchev–Trinajstić information content (AvgIpc) is 2.62. The van der Waals surface area contributed by atoms with Crippen LogP contribution in [-0.4, -0.2) is 29.6 Å². The van der Waals surface area contributed by atoms with Crippen molar-refractivity contribution in [3.05, 3.63) is 0 Å². The Balaban J connectivity index is 2.57. The van der Waals surface area contributed by atoms with E-state index in [9.17, 15) is 4.39 Å². The van der Waals surface area contributed by atoms with Crippen LogP contribution in [0.4, 0.5) is 4.39 Å². The van der Waals surface area contributed by atoms with E-state index in [1.54, 1.807) is 13.8 Å². The number of rotatable bonds is 2. The first kappa shape index (κ1) is 4.61. The van der Waals surface area contributed by atoms with Crippen LogP contribution < -0.4 is 0 Å². The molecule has 2 rings (SSSR count). The van der Waals surface area contributed by atoms with Crippen molar-refractivity contribution in [3.63, 3.8) is 0 Å². The molecule has 76 valence electrons. The molecular formula is C11H20FN. The molecule has 0 N–H and O–H groups in total. The normalized spacial score (nSPS) is 55.8. The Morgan fingerprint density at radius 1 is 1.77 bits per heavy atom. The monoisotopic (exact) mass is 191 g/mol. The first-order valence-corrected chi connectivity index (χ1v) is 4.84. The molecule has 0 aromatic heterocycles. The Hall–Kier alpha value is -0.110. The Labute approximate surface area is 88.7 Å². The van der Waals surface area contributed by atoms with Gasteiger partial charge in [0.25, 0.3) is 0 Å². The lowest BCUT2D eigenvalue weighted by molar-refractivity contribution is 0.163. The summed E-state index contributed by atoms with van der Waals surface area (Å²) in [7, 11) is 0. The number of hydrogen-bond acceptors (Lipinski definition) is 1. The maximum absolute atomic E-state index is 14.1. The molecule has 0 aliphatic carbocycles. The van der Waals surface area contributed by atoms with E-state index in [1.807, 2.05) is 0 Å². The molecule has 2 heteroatoms. The number of hydrogen-bond donors (Lipinski definition) is 0. The zero-order valence-corrected chi connectivity index (χ0v) is 8.10. The highest BCUT2D eigenvalue weighted by atomic mass is 19.1. The third kappa shape index (κ3) is 1.61. The second-order valence-electron chi connectivity index (χ2n) is 4.12. The van der Waals surface area contributed by atoms with Gasteiger partial charge in [-0.15, -0.1) is 0 Å². The molecule has 2 fully saturated rings. The zero-order valence-electron chi connectivity index (χ0n) is 14.1. The van der Waals surface area contributed by atoms with Gasteiger partial charge in [0.15, 0.2) is 0 Å². The molecule has 13 heavy (non-hydrogen) atoms. The van der Waals surface area contributed by atoms with Gasteiger partial charge in [-0.2, -0.15) is 0 Å². The van der Waals surface area contributed by atoms with Gasteiger partial charge in [-0.1, -0.05) is 13.8 Å². The van der Waals surface area contributed by atoms with E-state index in [-0.39, 0.29) is 19.3 Å². The maximum Gasteiger partial charge on any atom is 0.115 e. The number of fused-ring (bicyclic) bond motifs is 1.